The summed E-state index contributed by atoms with van der Waals surface area (Å²) in [6.45, 7) is 4.12. The van der Waals surface area contributed by atoms with Gasteiger partial charge in [0.1, 0.15) is 0 Å². The van der Waals surface area contributed by atoms with E-state index in [1.807, 2.05) is 18.2 Å². The molecule has 1 aliphatic carbocycles. The number of allylic oxidation sites excluding steroid dienone is 1. The van der Waals surface area contributed by atoms with Crippen LogP contribution in [0.4, 0.5) is 4.79 Å². The van der Waals surface area contributed by atoms with Crippen molar-refractivity contribution in [3.8, 4) is 0 Å². The molecule has 0 unspecified atom stereocenters. The Morgan fingerprint density at radius 2 is 2.35 bits per heavy atom. The highest BCUT2D eigenvalue weighted by Crippen LogP contribution is 2.27. The predicted molar refractivity (Wildman–Crippen MR) is 68.9 cm³/mol. The number of rotatable bonds is 3. The third-order valence-electron chi connectivity index (χ3n) is 2.95. The average Bonchev–Trinajstić information content (AvgIpc) is 2.35. The fourth-order valence-electron chi connectivity index (χ4n) is 2.11. The zero-order valence-corrected chi connectivity index (χ0v) is 9.57. The second-order valence-corrected chi connectivity index (χ2v) is 4.05. The molecule has 3 heteroatoms. The van der Waals surface area contributed by atoms with Crippen molar-refractivity contribution in [1.29, 1.82) is 0 Å². The van der Waals surface area contributed by atoms with Gasteiger partial charge >= 0.3 is 6.09 Å². The maximum absolute atomic E-state index is 10.5. The van der Waals surface area contributed by atoms with Crippen LogP contribution >= 0.6 is 0 Å². The van der Waals surface area contributed by atoms with Crippen LogP contribution < -0.4 is 5.32 Å². The minimum Gasteiger partial charge on any atom is -0.465 e. The van der Waals surface area contributed by atoms with E-state index >= 15 is 0 Å². The SMILES string of the molecule is C=Cc1ccc2c(c1)CCC=C2CNC(=O)O. The van der Waals surface area contributed by atoms with Gasteiger partial charge in [0.2, 0.25) is 0 Å². The van der Waals surface area contributed by atoms with Gasteiger partial charge < -0.3 is 10.4 Å². The van der Waals surface area contributed by atoms with Crippen molar-refractivity contribution in [2.75, 3.05) is 6.54 Å². The Morgan fingerprint density at radius 3 is 3.06 bits per heavy atom. The molecule has 2 rings (SSSR count). The summed E-state index contributed by atoms with van der Waals surface area (Å²) >= 11 is 0. The van der Waals surface area contributed by atoms with Crippen LogP contribution in [-0.4, -0.2) is 17.7 Å². The summed E-state index contributed by atoms with van der Waals surface area (Å²) in [5, 5.41) is 11.0. The summed E-state index contributed by atoms with van der Waals surface area (Å²) in [5.41, 5.74) is 4.59. The zero-order valence-electron chi connectivity index (χ0n) is 9.57. The van der Waals surface area contributed by atoms with E-state index in [-0.39, 0.29) is 0 Å². The predicted octanol–water partition coefficient (Wildman–Crippen LogP) is 2.93. The summed E-state index contributed by atoms with van der Waals surface area (Å²) in [4.78, 5) is 10.5. The number of hydrogen-bond acceptors (Lipinski definition) is 1. The van der Waals surface area contributed by atoms with E-state index < -0.39 is 6.09 Å². The van der Waals surface area contributed by atoms with Crippen LogP contribution in [0.15, 0.2) is 30.9 Å². The molecule has 17 heavy (non-hydrogen) atoms. The topological polar surface area (TPSA) is 49.3 Å². The van der Waals surface area contributed by atoms with Gasteiger partial charge in [-0.05, 0) is 35.1 Å². The van der Waals surface area contributed by atoms with E-state index in [9.17, 15) is 4.79 Å². The molecule has 3 nitrogen and oxygen atoms in total. The van der Waals surface area contributed by atoms with Gasteiger partial charge in [0.05, 0.1) is 0 Å². The van der Waals surface area contributed by atoms with Gasteiger partial charge in [0, 0.05) is 6.54 Å². The monoisotopic (exact) mass is 229 g/mol. The number of aryl methyl sites for hydroxylation is 1. The lowest BCUT2D eigenvalue weighted by molar-refractivity contribution is 0.196. The third kappa shape index (κ3) is 2.56. The fraction of sp³-hybridized carbons (Fsp3) is 0.214. The summed E-state index contributed by atoms with van der Waals surface area (Å²) in [6.07, 6.45) is 4.91. The van der Waals surface area contributed by atoms with E-state index in [0.29, 0.717) is 6.54 Å². The molecular formula is C14H15NO2. The van der Waals surface area contributed by atoms with Crippen LogP contribution in [0.3, 0.4) is 0 Å². The van der Waals surface area contributed by atoms with Gasteiger partial charge in [-0.2, -0.15) is 0 Å². The van der Waals surface area contributed by atoms with Crippen LogP contribution in [0.5, 0.6) is 0 Å². The van der Waals surface area contributed by atoms with Crippen molar-refractivity contribution in [3.05, 3.63) is 47.5 Å². The largest absolute Gasteiger partial charge is 0.465 e. The number of fused-ring (bicyclic) bond motifs is 1. The van der Waals surface area contributed by atoms with E-state index in [4.69, 9.17) is 5.11 Å². The van der Waals surface area contributed by atoms with Crippen LogP contribution in [0.2, 0.25) is 0 Å². The highest BCUT2D eigenvalue weighted by molar-refractivity contribution is 5.76. The Kier molecular flexibility index (Phi) is 3.28. The molecule has 1 aromatic carbocycles. The van der Waals surface area contributed by atoms with Crippen molar-refractivity contribution in [2.45, 2.75) is 12.8 Å². The van der Waals surface area contributed by atoms with Gasteiger partial charge in [0.15, 0.2) is 0 Å². The normalized spacial score (nSPS) is 13.5. The molecule has 0 fully saturated rings. The molecule has 0 saturated carbocycles. The molecule has 0 radical (unpaired) electrons. The van der Waals surface area contributed by atoms with Gasteiger partial charge in [-0.3, -0.25) is 0 Å². The van der Waals surface area contributed by atoms with E-state index in [1.165, 1.54) is 5.56 Å². The molecule has 0 saturated heterocycles. The number of hydrogen-bond donors (Lipinski definition) is 2. The van der Waals surface area contributed by atoms with Gasteiger partial charge in [0.25, 0.3) is 0 Å². The van der Waals surface area contributed by atoms with Gasteiger partial charge in [-0.25, -0.2) is 4.79 Å². The smallest absolute Gasteiger partial charge is 0.404 e. The van der Waals surface area contributed by atoms with Crippen molar-refractivity contribution in [2.24, 2.45) is 0 Å². The molecule has 0 aromatic heterocycles. The van der Waals surface area contributed by atoms with Crippen molar-refractivity contribution in [3.63, 3.8) is 0 Å². The van der Waals surface area contributed by atoms with Crippen molar-refractivity contribution < 1.29 is 9.90 Å². The molecule has 0 aliphatic heterocycles. The summed E-state index contributed by atoms with van der Waals surface area (Å²) in [6, 6.07) is 6.17. The lowest BCUT2D eigenvalue weighted by atomic mass is 9.89. The Hall–Kier alpha value is -2.03. The highest BCUT2D eigenvalue weighted by Gasteiger charge is 2.12. The second kappa shape index (κ2) is 4.87. The van der Waals surface area contributed by atoms with E-state index in [0.717, 1.165) is 29.5 Å². The van der Waals surface area contributed by atoms with E-state index in [2.05, 4.69) is 24.0 Å². The van der Waals surface area contributed by atoms with Crippen molar-refractivity contribution >= 4 is 17.7 Å². The molecule has 1 aromatic rings. The van der Waals surface area contributed by atoms with Gasteiger partial charge in [-0.15, -0.1) is 0 Å². The van der Waals surface area contributed by atoms with Gasteiger partial charge in [-0.1, -0.05) is 36.9 Å². The van der Waals surface area contributed by atoms with Crippen LogP contribution in [0.25, 0.3) is 11.6 Å². The Bertz CT molecular complexity index is 489. The van der Waals surface area contributed by atoms with Crippen LogP contribution in [-0.2, 0) is 6.42 Å². The van der Waals surface area contributed by atoms with Crippen LogP contribution in [0.1, 0.15) is 23.1 Å². The molecule has 88 valence electrons. The molecule has 0 atom stereocenters. The third-order valence-corrected chi connectivity index (χ3v) is 2.95. The lowest BCUT2D eigenvalue weighted by Crippen LogP contribution is -2.23. The summed E-state index contributed by atoms with van der Waals surface area (Å²) in [7, 11) is 0. The maximum atomic E-state index is 10.5. The first kappa shape index (κ1) is 11.5. The van der Waals surface area contributed by atoms with Crippen molar-refractivity contribution in [1.82, 2.24) is 5.32 Å². The minimum absolute atomic E-state index is 0.371. The fourth-order valence-corrected chi connectivity index (χ4v) is 2.11. The molecule has 0 spiro atoms. The molecule has 2 N–H and O–H groups in total. The second-order valence-electron chi connectivity index (χ2n) is 4.05. The first-order valence-corrected chi connectivity index (χ1v) is 5.62. The number of benzene rings is 1. The van der Waals surface area contributed by atoms with E-state index in [1.54, 1.807) is 0 Å². The molecular weight excluding hydrogens is 214 g/mol. The van der Waals surface area contributed by atoms with Crippen LogP contribution in [0, 0.1) is 0 Å². The number of nitrogens with one attached hydrogen (secondary N) is 1. The first-order chi connectivity index (χ1) is 8.20. The molecule has 1 aliphatic rings. The molecule has 0 heterocycles. The average molecular weight is 229 g/mol. The molecule has 1 amide bonds. The standard InChI is InChI=1S/C14H15NO2/c1-2-10-6-7-13-11(8-10)4-3-5-12(13)9-15-14(16)17/h2,5-8,15H,1,3-4,9H2,(H,16,17). The number of amides is 1. The first-order valence-electron chi connectivity index (χ1n) is 5.62. The zero-order chi connectivity index (χ0) is 12.3. The summed E-state index contributed by atoms with van der Waals surface area (Å²) < 4.78 is 0. The maximum Gasteiger partial charge on any atom is 0.404 e. The Labute approximate surface area is 100 Å². The quantitative estimate of drug-likeness (QED) is 0.837. The molecule has 0 bridgehead atoms. The minimum atomic E-state index is -0.985. The summed E-state index contributed by atoms with van der Waals surface area (Å²) in [5.74, 6) is 0. The highest BCUT2D eigenvalue weighted by atomic mass is 16.4. The number of carbonyl (C=O) groups is 1. The Balaban J connectivity index is 2.25. The Morgan fingerprint density at radius 1 is 1.53 bits per heavy atom. The number of carboxylic acid groups (broad SMARTS) is 1. The lowest BCUT2D eigenvalue weighted by Gasteiger charge is -2.18.